The van der Waals surface area contributed by atoms with E-state index in [1.165, 1.54) is 0 Å². The average molecular weight is 440 g/mol. The SMILES string of the molecule is O=C(N[C@@H]1C(=O)NC[C@H]1c1c(F)cc(F)cc1F)NC1(c2ccc3ccccc3n2)CC1. The van der Waals surface area contributed by atoms with E-state index in [0.717, 1.165) is 10.9 Å². The fraction of sp³-hybridized carbons (Fsp3) is 0.261. The highest BCUT2D eigenvalue weighted by atomic mass is 19.1. The summed E-state index contributed by atoms with van der Waals surface area (Å²) < 4.78 is 41.8. The first-order valence-corrected chi connectivity index (χ1v) is 10.2. The number of aromatic nitrogens is 1. The third-order valence-electron chi connectivity index (χ3n) is 6.07. The van der Waals surface area contributed by atoms with Crippen LogP contribution < -0.4 is 16.0 Å². The number of nitrogens with one attached hydrogen (secondary N) is 3. The van der Waals surface area contributed by atoms with Crippen LogP contribution in [0.15, 0.2) is 48.5 Å². The van der Waals surface area contributed by atoms with Crippen LogP contribution in [0.1, 0.15) is 30.0 Å². The molecule has 2 heterocycles. The molecule has 0 unspecified atom stereocenters. The summed E-state index contributed by atoms with van der Waals surface area (Å²) in [6.45, 7) is -0.0827. The summed E-state index contributed by atoms with van der Waals surface area (Å²) >= 11 is 0. The third kappa shape index (κ3) is 3.53. The molecule has 0 spiro atoms. The number of nitrogens with zero attached hydrogens (tertiary/aromatic N) is 1. The maximum Gasteiger partial charge on any atom is 0.316 e. The molecule has 9 heteroatoms. The molecule has 3 aromatic rings. The topological polar surface area (TPSA) is 83.1 Å². The van der Waals surface area contributed by atoms with Crippen molar-refractivity contribution < 1.29 is 22.8 Å². The van der Waals surface area contributed by atoms with E-state index in [1.54, 1.807) is 0 Å². The number of amides is 3. The summed E-state index contributed by atoms with van der Waals surface area (Å²) in [5.41, 5.74) is 0.406. The fourth-order valence-corrected chi connectivity index (χ4v) is 4.26. The van der Waals surface area contributed by atoms with Crippen molar-refractivity contribution in [1.29, 1.82) is 0 Å². The van der Waals surface area contributed by atoms with Crippen LogP contribution >= 0.6 is 0 Å². The molecule has 3 amide bonds. The number of hydrogen-bond acceptors (Lipinski definition) is 3. The number of carbonyl (C=O) groups excluding carboxylic acids is 2. The Hall–Kier alpha value is -3.62. The molecule has 1 aromatic heterocycles. The van der Waals surface area contributed by atoms with Gasteiger partial charge in [-0.2, -0.15) is 0 Å². The van der Waals surface area contributed by atoms with Gasteiger partial charge in [-0.25, -0.2) is 18.0 Å². The van der Waals surface area contributed by atoms with Gasteiger partial charge >= 0.3 is 6.03 Å². The van der Waals surface area contributed by atoms with Gasteiger partial charge in [0.1, 0.15) is 23.5 Å². The first-order valence-electron chi connectivity index (χ1n) is 10.2. The number of urea groups is 1. The normalized spacial score (nSPS) is 21.3. The maximum atomic E-state index is 14.3. The molecular formula is C23H19F3N4O2. The molecule has 32 heavy (non-hydrogen) atoms. The summed E-state index contributed by atoms with van der Waals surface area (Å²) in [7, 11) is 0. The van der Waals surface area contributed by atoms with E-state index < -0.39 is 52.5 Å². The molecule has 3 N–H and O–H groups in total. The van der Waals surface area contributed by atoms with Crippen LogP contribution in [0.3, 0.4) is 0 Å². The van der Waals surface area contributed by atoms with Gasteiger partial charge in [-0.15, -0.1) is 0 Å². The molecule has 2 aliphatic rings. The average Bonchev–Trinajstić information content (AvgIpc) is 3.45. The quantitative estimate of drug-likeness (QED) is 0.583. The van der Waals surface area contributed by atoms with Gasteiger partial charge in [-0.3, -0.25) is 9.78 Å². The molecule has 2 aromatic carbocycles. The van der Waals surface area contributed by atoms with Crippen LogP contribution in [0.2, 0.25) is 0 Å². The van der Waals surface area contributed by atoms with E-state index >= 15 is 0 Å². The monoisotopic (exact) mass is 440 g/mol. The first-order chi connectivity index (χ1) is 15.4. The molecule has 2 fully saturated rings. The minimum absolute atomic E-state index is 0.0827. The molecular weight excluding hydrogens is 421 g/mol. The molecule has 1 saturated heterocycles. The van der Waals surface area contributed by atoms with Crippen LogP contribution in [-0.4, -0.2) is 29.5 Å². The van der Waals surface area contributed by atoms with E-state index in [0.29, 0.717) is 30.7 Å². The van der Waals surface area contributed by atoms with Gasteiger partial charge < -0.3 is 16.0 Å². The van der Waals surface area contributed by atoms with E-state index in [2.05, 4.69) is 20.9 Å². The Bertz CT molecular complexity index is 1220. The lowest BCUT2D eigenvalue weighted by Gasteiger charge is -2.23. The van der Waals surface area contributed by atoms with Gasteiger partial charge in [-0.05, 0) is 25.0 Å². The summed E-state index contributed by atoms with van der Waals surface area (Å²) in [4.78, 5) is 29.7. The Morgan fingerprint density at radius 3 is 2.50 bits per heavy atom. The van der Waals surface area contributed by atoms with Crippen LogP contribution in [-0.2, 0) is 10.3 Å². The summed E-state index contributed by atoms with van der Waals surface area (Å²) in [5.74, 6) is -4.84. The molecule has 2 atom stereocenters. The van der Waals surface area contributed by atoms with Crippen molar-refractivity contribution in [3.63, 3.8) is 0 Å². The summed E-state index contributed by atoms with van der Waals surface area (Å²) in [5, 5.41) is 8.88. The lowest BCUT2D eigenvalue weighted by Crippen LogP contribution is -2.50. The lowest BCUT2D eigenvalue weighted by atomic mass is 9.93. The zero-order valence-corrected chi connectivity index (χ0v) is 16.8. The minimum Gasteiger partial charge on any atom is -0.354 e. The highest BCUT2D eigenvalue weighted by Gasteiger charge is 2.48. The second kappa shape index (κ2) is 7.51. The Kier molecular flexibility index (Phi) is 4.76. The van der Waals surface area contributed by atoms with Gasteiger partial charge in [0.15, 0.2) is 0 Å². The van der Waals surface area contributed by atoms with Gasteiger partial charge in [0, 0.05) is 35.5 Å². The molecule has 6 nitrogen and oxygen atoms in total. The van der Waals surface area contributed by atoms with Crippen molar-refractivity contribution in [2.45, 2.75) is 30.3 Å². The minimum atomic E-state index is -1.20. The van der Waals surface area contributed by atoms with Crippen LogP contribution in [0.4, 0.5) is 18.0 Å². The Morgan fingerprint density at radius 2 is 1.78 bits per heavy atom. The molecule has 5 rings (SSSR count). The van der Waals surface area contributed by atoms with Crippen LogP contribution in [0.5, 0.6) is 0 Å². The zero-order chi connectivity index (χ0) is 22.5. The number of halogens is 3. The number of fused-ring (bicyclic) bond motifs is 1. The van der Waals surface area contributed by atoms with Gasteiger partial charge in [-0.1, -0.05) is 24.3 Å². The Balaban J connectivity index is 1.35. The van der Waals surface area contributed by atoms with E-state index in [9.17, 15) is 22.8 Å². The van der Waals surface area contributed by atoms with Crippen molar-refractivity contribution in [2.24, 2.45) is 0 Å². The number of para-hydroxylation sites is 1. The van der Waals surface area contributed by atoms with Crippen LogP contribution in [0.25, 0.3) is 10.9 Å². The van der Waals surface area contributed by atoms with Gasteiger partial charge in [0.05, 0.1) is 16.7 Å². The number of benzene rings is 2. The van der Waals surface area contributed by atoms with E-state index in [1.807, 2.05) is 36.4 Å². The standard InChI is InChI=1S/C23H19F3N4O2/c24-13-9-15(25)19(16(26)10-13)14-11-27-21(31)20(14)29-22(32)30-23(7-8-23)18-6-5-12-3-1-2-4-17(12)28-18/h1-6,9-10,14,20H,7-8,11H2,(H,27,31)(H2,29,30,32)/t14-,20-/m0/s1. The number of pyridine rings is 1. The second-order valence-corrected chi connectivity index (χ2v) is 8.18. The molecule has 1 saturated carbocycles. The number of rotatable bonds is 4. The zero-order valence-electron chi connectivity index (χ0n) is 16.8. The summed E-state index contributed by atoms with van der Waals surface area (Å²) in [6.07, 6.45) is 1.35. The van der Waals surface area contributed by atoms with Crippen molar-refractivity contribution in [2.75, 3.05) is 6.54 Å². The van der Waals surface area contributed by atoms with Crippen LogP contribution in [0, 0.1) is 17.5 Å². The summed E-state index contributed by atoms with van der Waals surface area (Å²) in [6, 6.07) is 10.7. The van der Waals surface area contributed by atoms with Gasteiger partial charge in [0.2, 0.25) is 5.91 Å². The van der Waals surface area contributed by atoms with E-state index in [-0.39, 0.29) is 6.54 Å². The highest BCUT2D eigenvalue weighted by molar-refractivity contribution is 5.90. The number of carbonyl (C=O) groups is 2. The molecule has 164 valence electrons. The van der Waals surface area contributed by atoms with Crippen molar-refractivity contribution in [1.82, 2.24) is 20.9 Å². The van der Waals surface area contributed by atoms with Gasteiger partial charge in [0.25, 0.3) is 0 Å². The van der Waals surface area contributed by atoms with Crippen molar-refractivity contribution >= 4 is 22.8 Å². The maximum absolute atomic E-state index is 14.3. The fourth-order valence-electron chi connectivity index (χ4n) is 4.26. The largest absolute Gasteiger partial charge is 0.354 e. The Morgan fingerprint density at radius 1 is 1.06 bits per heavy atom. The highest BCUT2D eigenvalue weighted by Crippen LogP contribution is 2.45. The number of hydrogen-bond donors (Lipinski definition) is 3. The lowest BCUT2D eigenvalue weighted by molar-refractivity contribution is -0.120. The molecule has 0 radical (unpaired) electrons. The molecule has 0 bridgehead atoms. The second-order valence-electron chi connectivity index (χ2n) is 8.18. The first kappa shape index (κ1) is 20.3. The third-order valence-corrected chi connectivity index (χ3v) is 6.07. The van der Waals surface area contributed by atoms with Crippen molar-refractivity contribution in [3.05, 3.63) is 77.2 Å². The molecule has 1 aliphatic carbocycles. The smallest absolute Gasteiger partial charge is 0.316 e. The van der Waals surface area contributed by atoms with Crippen molar-refractivity contribution in [3.8, 4) is 0 Å². The predicted octanol–water partition coefficient (Wildman–Crippen LogP) is 3.22. The predicted molar refractivity (Wildman–Crippen MR) is 110 cm³/mol. The molecule has 1 aliphatic heterocycles. The Labute approximate surface area is 181 Å². The van der Waals surface area contributed by atoms with E-state index in [4.69, 9.17) is 0 Å².